The highest BCUT2D eigenvalue weighted by atomic mass is 32.2. The first kappa shape index (κ1) is 20.0. The van der Waals surface area contributed by atoms with Crippen molar-refractivity contribution in [3.63, 3.8) is 0 Å². The van der Waals surface area contributed by atoms with Crippen LogP contribution in [0.15, 0.2) is 33.3 Å². The van der Waals surface area contributed by atoms with Gasteiger partial charge in [0.2, 0.25) is 10.0 Å². The minimum atomic E-state index is -3.85. The van der Waals surface area contributed by atoms with Gasteiger partial charge in [-0.05, 0) is 17.7 Å². The summed E-state index contributed by atoms with van der Waals surface area (Å²) >= 11 is 0. The third-order valence-corrected chi connectivity index (χ3v) is 5.49. The summed E-state index contributed by atoms with van der Waals surface area (Å²) in [5, 5.41) is 7.95. The number of carbonyl (C=O) groups excluding carboxylic acids is 1. The van der Waals surface area contributed by atoms with E-state index in [1.807, 2.05) is 0 Å². The van der Waals surface area contributed by atoms with Gasteiger partial charge in [-0.2, -0.15) is 10.2 Å². The first-order valence-electron chi connectivity index (χ1n) is 7.95. The van der Waals surface area contributed by atoms with E-state index in [4.69, 9.17) is 11.2 Å². The normalized spacial score (nSPS) is 14.7. The molecule has 8 nitrogen and oxygen atoms in total. The molecule has 0 spiro atoms. The summed E-state index contributed by atoms with van der Waals surface area (Å²) in [6.07, 6.45) is 6.78. The number of sulfonamides is 1. The number of nitrogens with one attached hydrogen (secondary N) is 1. The maximum Gasteiger partial charge on any atom is 0.337 e. The summed E-state index contributed by atoms with van der Waals surface area (Å²) in [4.78, 5) is 11.7. The van der Waals surface area contributed by atoms with E-state index in [9.17, 15) is 13.2 Å². The van der Waals surface area contributed by atoms with E-state index in [-0.39, 0.29) is 23.6 Å². The predicted octanol–water partition coefficient (Wildman–Crippen LogP) is 1.86. The number of carbonyl (C=O) groups is 1. The fraction of sp³-hybridized carbons (Fsp3) is 0.471. The van der Waals surface area contributed by atoms with Gasteiger partial charge in [-0.25, -0.2) is 17.9 Å². The molecule has 0 radical (unpaired) electrons. The van der Waals surface area contributed by atoms with Crippen LogP contribution in [0.4, 0.5) is 0 Å². The molecule has 26 heavy (non-hydrogen) atoms. The smallest absolute Gasteiger partial charge is 0.337 e. The molecule has 9 heteroatoms. The van der Waals surface area contributed by atoms with Crippen molar-refractivity contribution in [2.75, 3.05) is 20.8 Å². The number of hydrogen-bond acceptors (Lipinski definition) is 7. The topological polar surface area (TPSA) is 106 Å². The highest BCUT2D eigenvalue weighted by Gasteiger charge is 2.39. The summed E-state index contributed by atoms with van der Waals surface area (Å²) in [6, 6.07) is 4.31. The SMILES string of the molecule is C#CCCC1(CCNS(=O)(=O)c2cc(C(=O)OC)ccc2COC)N=N1. The lowest BCUT2D eigenvalue weighted by atomic mass is 10.1. The Hall–Kier alpha value is -2.28. The summed E-state index contributed by atoms with van der Waals surface area (Å²) in [6.45, 7) is 0.239. The number of esters is 1. The maximum absolute atomic E-state index is 12.7. The van der Waals surface area contributed by atoms with Crippen LogP contribution in [0.5, 0.6) is 0 Å². The van der Waals surface area contributed by atoms with E-state index in [0.29, 0.717) is 24.8 Å². The van der Waals surface area contributed by atoms with E-state index < -0.39 is 21.7 Å². The molecule has 1 heterocycles. The molecule has 0 bridgehead atoms. The van der Waals surface area contributed by atoms with Crippen LogP contribution in [-0.2, 0) is 26.1 Å². The Bertz CT molecular complexity index is 836. The lowest BCUT2D eigenvalue weighted by molar-refractivity contribution is 0.0600. The monoisotopic (exact) mass is 379 g/mol. The molecule has 140 valence electrons. The molecule has 0 saturated carbocycles. The zero-order chi connectivity index (χ0) is 19.2. The van der Waals surface area contributed by atoms with Crippen LogP contribution in [0.25, 0.3) is 0 Å². The zero-order valence-corrected chi connectivity index (χ0v) is 15.5. The Morgan fingerprint density at radius 2 is 2.04 bits per heavy atom. The highest BCUT2D eigenvalue weighted by Crippen LogP contribution is 2.36. The van der Waals surface area contributed by atoms with E-state index in [2.05, 4.69) is 25.6 Å². The maximum atomic E-state index is 12.7. The van der Waals surface area contributed by atoms with Crippen molar-refractivity contribution in [2.24, 2.45) is 10.2 Å². The summed E-state index contributed by atoms with van der Waals surface area (Å²) in [5.74, 6) is 1.91. The van der Waals surface area contributed by atoms with Gasteiger partial charge < -0.3 is 9.47 Å². The van der Waals surface area contributed by atoms with E-state index in [1.165, 1.54) is 32.4 Å². The molecule has 1 aromatic rings. The molecule has 0 atom stereocenters. The average molecular weight is 379 g/mol. The molecule has 0 fully saturated rings. The van der Waals surface area contributed by atoms with Crippen molar-refractivity contribution in [1.82, 2.24) is 4.72 Å². The standard InChI is InChI=1S/C17H21N3O5S/c1-4-5-8-17(19-20-17)9-10-18-26(22,23)15-11-13(16(21)25-3)6-7-14(15)12-24-2/h1,6-7,11,18H,5,8-10,12H2,2-3H3. The molecule has 0 aliphatic carbocycles. The lowest BCUT2D eigenvalue weighted by Gasteiger charge is -2.14. The Kier molecular flexibility index (Phi) is 6.47. The van der Waals surface area contributed by atoms with Crippen LogP contribution in [0.2, 0.25) is 0 Å². The lowest BCUT2D eigenvalue weighted by Crippen LogP contribution is -2.29. The van der Waals surface area contributed by atoms with Gasteiger partial charge in [-0.3, -0.25) is 0 Å². The number of benzene rings is 1. The predicted molar refractivity (Wildman–Crippen MR) is 94.0 cm³/mol. The second-order valence-corrected chi connectivity index (χ2v) is 7.52. The Morgan fingerprint density at radius 3 is 2.62 bits per heavy atom. The van der Waals surface area contributed by atoms with Crippen LogP contribution in [0, 0.1) is 12.3 Å². The fourth-order valence-corrected chi connectivity index (χ4v) is 3.74. The number of methoxy groups -OCH3 is 2. The number of rotatable bonds is 10. The highest BCUT2D eigenvalue weighted by molar-refractivity contribution is 7.89. The van der Waals surface area contributed by atoms with Crippen molar-refractivity contribution in [2.45, 2.75) is 36.4 Å². The second-order valence-electron chi connectivity index (χ2n) is 5.78. The molecule has 1 aliphatic rings. The first-order chi connectivity index (χ1) is 12.4. The van der Waals surface area contributed by atoms with Gasteiger partial charge in [-0.15, -0.1) is 12.3 Å². The van der Waals surface area contributed by atoms with Crippen LogP contribution in [0.1, 0.15) is 35.2 Å². The van der Waals surface area contributed by atoms with Crippen molar-refractivity contribution in [1.29, 1.82) is 0 Å². The largest absolute Gasteiger partial charge is 0.465 e. The first-order valence-corrected chi connectivity index (χ1v) is 9.43. The molecule has 0 amide bonds. The quantitative estimate of drug-likeness (QED) is 0.493. The third-order valence-electron chi connectivity index (χ3n) is 3.95. The summed E-state index contributed by atoms with van der Waals surface area (Å²) in [7, 11) is -1.16. The average Bonchev–Trinajstić information content (AvgIpc) is 3.39. The van der Waals surface area contributed by atoms with Crippen LogP contribution < -0.4 is 4.72 Å². The minimum Gasteiger partial charge on any atom is -0.465 e. The van der Waals surface area contributed by atoms with Gasteiger partial charge in [0.05, 0.1) is 24.2 Å². The molecule has 1 aliphatic heterocycles. The van der Waals surface area contributed by atoms with Crippen LogP contribution >= 0.6 is 0 Å². The van der Waals surface area contributed by atoms with Crippen molar-refractivity contribution < 1.29 is 22.7 Å². The number of terminal acetylenes is 1. The fourth-order valence-electron chi connectivity index (χ4n) is 2.46. The summed E-state index contributed by atoms with van der Waals surface area (Å²) in [5.41, 5.74) is 0.0129. The van der Waals surface area contributed by atoms with Crippen LogP contribution in [0.3, 0.4) is 0 Å². The zero-order valence-electron chi connectivity index (χ0n) is 14.7. The van der Waals surface area contributed by atoms with Crippen LogP contribution in [-0.4, -0.2) is 40.8 Å². The summed E-state index contributed by atoms with van der Waals surface area (Å²) < 4.78 is 37.6. The molecule has 0 unspecified atom stereocenters. The van der Waals surface area contributed by atoms with Gasteiger partial charge in [-0.1, -0.05) is 6.07 Å². The molecular weight excluding hydrogens is 358 g/mol. The Labute approximate surface area is 153 Å². The molecule has 2 rings (SSSR count). The van der Waals surface area contributed by atoms with E-state index >= 15 is 0 Å². The molecular formula is C17H21N3O5S. The van der Waals surface area contributed by atoms with E-state index in [1.54, 1.807) is 0 Å². The molecule has 0 saturated heterocycles. The van der Waals surface area contributed by atoms with Crippen molar-refractivity contribution in [3.05, 3.63) is 29.3 Å². The number of nitrogens with zero attached hydrogens (tertiary/aromatic N) is 2. The molecule has 0 aromatic heterocycles. The Morgan fingerprint density at radius 1 is 1.31 bits per heavy atom. The molecule has 1 aromatic carbocycles. The van der Waals surface area contributed by atoms with Crippen molar-refractivity contribution >= 4 is 16.0 Å². The van der Waals surface area contributed by atoms with Gasteiger partial charge in [0.25, 0.3) is 0 Å². The second kappa shape index (κ2) is 8.40. The number of ether oxygens (including phenoxy) is 2. The minimum absolute atomic E-state index is 0.0235. The Balaban J connectivity index is 2.13. The van der Waals surface area contributed by atoms with E-state index in [0.717, 1.165) is 0 Å². The van der Waals surface area contributed by atoms with Gasteiger partial charge >= 0.3 is 5.97 Å². The number of hydrogen-bond donors (Lipinski definition) is 1. The van der Waals surface area contributed by atoms with Crippen molar-refractivity contribution in [3.8, 4) is 12.3 Å². The molecule has 1 N–H and O–H groups in total. The van der Waals surface area contributed by atoms with Gasteiger partial charge in [0.15, 0.2) is 5.66 Å². The van der Waals surface area contributed by atoms with Gasteiger partial charge in [0, 0.05) is 32.9 Å². The third kappa shape index (κ3) is 4.88. The van der Waals surface area contributed by atoms with Gasteiger partial charge in [0.1, 0.15) is 0 Å².